The van der Waals surface area contributed by atoms with Gasteiger partial charge in [-0.3, -0.25) is 4.79 Å². The lowest BCUT2D eigenvalue weighted by Gasteiger charge is -2.32. The molecule has 2 aromatic heterocycles. The first-order valence-electron chi connectivity index (χ1n) is 9.23. The zero-order chi connectivity index (χ0) is 18.8. The van der Waals surface area contributed by atoms with Crippen LogP contribution in [0.2, 0.25) is 0 Å². The number of pyridine rings is 1. The highest BCUT2D eigenvalue weighted by Gasteiger charge is 2.20. The Morgan fingerprint density at radius 1 is 1.11 bits per heavy atom. The molecule has 1 aliphatic rings. The van der Waals surface area contributed by atoms with Crippen LogP contribution in [0.1, 0.15) is 21.6 Å². The smallest absolute Gasteiger partial charge is 0.254 e. The van der Waals surface area contributed by atoms with Crippen LogP contribution >= 0.6 is 0 Å². The van der Waals surface area contributed by atoms with Gasteiger partial charge in [-0.15, -0.1) is 0 Å². The first-order valence-corrected chi connectivity index (χ1v) is 9.23. The SMILES string of the molecule is Cc1ccc2nc(COc3cccc(C(=O)N4CCN(C)CC4)c3)cn2c1. The maximum absolute atomic E-state index is 12.7. The van der Waals surface area contributed by atoms with E-state index in [4.69, 9.17) is 4.74 Å². The van der Waals surface area contributed by atoms with Crippen molar-refractivity contribution < 1.29 is 9.53 Å². The summed E-state index contributed by atoms with van der Waals surface area (Å²) in [6.07, 6.45) is 4.02. The minimum Gasteiger partial charge on any atom is -0.487 e. The number of likely N-dealkylation sites (N-methyl/N-ethyl adjacent to an activating group) is 1. The zero-order valence-electron chi connectivity index (χ0n) is 15.8. The van der Waals surface area contributed by atoms with Gasteiger partial charge in [-0.25, -0.2) is 4.98 Å². The molecule has 3 aromatic rings. The van der Waals surface area contributed by atoms with Crippen molar-refractivity contribution in [3.8, 4) is 5.75 Å². The predicted octanol–water partition coefficient (Wildman–Crippen LogP) is 2.61. The summed E-state index contributed by atoms with van der Waals surface area (Å²) in [4.78, 5) is 21.4. The molecule has 1 saturated heterocycles. The molecule has 27 heavy (non-hydrogen) atoms. The molecule has 0 unspecified atom stereocenters. The van der Waals surface area contributed by atoms with E-state index in [1.165, 1.54) is 5.56 Å². The van der Waals surface area contributed by atoms with Gasteiger partial charge in [-0.05, 0) is 43.8 Å². The van der Waals surface area contributed by atoms with E-state index in [0.29, 0.717) is 17.9 Å². The van der Waals surface area contributed by atoms with Crippen LogP contribution in [-0.2, 0) is 6.61 Å². The molecule has 1 amide bonds. The van der Waals surface area contributed by atoms with Gasteiger partial charge in [0.1, 0.15) is 18.0 Å². The van der Waals surface area contributed by atoms with Crippen LogP contribution in [0.3, 0.4) is 0 Å². The third kappa shape index (κ3) is 3.95. The Kier molecular flexibility index (Phi) is 4.81. The van der Waals surface area contributed by atoms with Crippen LogP contribution in [0.15, 0.2) is 48.8 Å². The second-order valence-electron chi connectivity index (χ2n) is 7.12. The van der Waals surface area contributed by atoms with Crippen LogP contribution in [0, 0.1) is 6.92 Å². The van der Waals surface area contributed by atoms with Gasteiger partial charge >= 0.3 is 0 Å². The van der Waals surface area contributed by atoms with Gasteiger partial charge < -0.3 is 18.9 Å². The van der Waals surface area contributed by atoms with E-state index < -0.39 is 0 Å². The van der Waals surface area contributed by atoms with E-state index in [-0.39, 0.29) is 5.91 Å². The van der Waals surface area contributed by atoms with Crippen LogP contribution in [0.25, 0.3) is 5.65 Å². The molecule has 0 aliphatic carbocycles. The summed E-state index contributed by atoms with van der Waals surface area (Å²) in [6.45, 7) is 5.78. The highest BCUT2D eigenvalue weighted by Crippen LogP contribution is 2.18. The van der Waals surface area contributed by atoms with Gasteiger partial charge in [-0.1, -0.05) is 12.1 Å². The van der Waals surface area contributed by atoms with Crippen LogP contribution in [0.4, 0.5) is 0 Å². The Morgan fingerprint density at radius 3 is 2.74 bits per heavy atom. The number of benzene rings is 1. The maximum Gasteiger partial charge on any atom is 0.254 e. The predicted molar refractivity (Wildman–Crippen MR) is 104 cm³/mol. The second-order valence-corrected chi connectivity index (χ2v) is 7.12. The zero-order valence-corrected chi connectivity index (χ0v) is 15.8. The third-order valence-corrected chi connectivity index (χ3v) is 4.91. The Balaban J connectivity index is 1.43. The Morgan fingerprint density at radius 2 is 1.93 bits per heavy atom. The summed E-state index contributed by atoms with van der Waals surface area (Å²) < 4.78 is 7.89. The molecular formula is C21H24N4O2. The molecule has 6 nitrogen and oxygen atoms in total. The number of carbonyl (C=O) groups is 1. The molecule has 4 rings (SSSR count). The van der Waals surface area contributed by atoms with Gasteiger partial charge in [-0.2, -0.15) is 0 Å². The van der Waals surface area contributed by atoms with Crippen LogP contribution in [0.5, 0.6) is 5.75 Å². The summed E-state index contributed by atoms with van der Waals surface area (Å²) in [5.41, 5.74) is 3.61. The molecule has 0 spiro atoms. The molecule has 1 aliphatic heterocycles. The second kappa shape index (κ2) is 7.40. The fourth-order valence-electron chi connectivity index (χ4n) is 3.29. The summed E-state index contributed by atoms with van der Waals surface area (Å²) in [5, 5.41) is 0. The van der Waals surface area contributed by atoms with Crippen molar-refractivity contribution in [3.63, 3.8) is 0 Å². The van der Waals surface area contributed by atoms with Crippen molar-refractivity contribution in [2.24, 2.45) is 0 Å². The normalized spacial score (nSPS) is 15.3. The van der Waals surface area contributed by atoms with Crippen LogP contribution in [-0.4, -0.2) is 58.3 Å². The van der Waals surface area contributed by atoms with Gasteiger partial charge in [0.2, 0.25) is 0 Å². The van der Waals surface area contributed by atoms with Crippen molar-refractivity contribution in [2.75, 3.05) is 33.2 Å². The van der Waals surface area contributed by atoms with Crippen molar-refractivity contribution in [3.05, 3.63) is 65.6 Å². The largest absolute Gasteiger partial charge is 0.487 e. The van der Waals surface area contributed by atoms with Gasteiger partial charge in [0, 0.05) is 44.1 Å². The van der Waals surface area contributed by atoms with Crippen LogP contribution < -0.4 is 4.74 Å². The standard InChI is InChI=1S/C21H24N4O2/c1-16-6-7-20-22-18(14-25(20)13-16)15-27-19-5-3-4-17(12-19)21(26)24-10-8-23(2)9-11-24/h3-7,12-14H,8-11,15H2,1-2H3. The molecule has 0 saturated carbocycles. The fourth-order valence-corrected chi connectivity index (χ4v) is 3.29. The van der Waals surface area contributed by atoms with E-state index in [1.807, 2.05) is 58.1 Å². The molecule has 0 radical (unpaired) electrons. The lowest BCUT2D eigenvalue weighted by Crippen LogP contribution is -2.47. The molecule has 0 N–H and O–H groups in total. The average Bonchev–Trinajstić information content (AvgIpc) is 3.08. The number of nitrogens with zero attached hydrogens (tertiary/aromatic N) is 4. The van der Waals surface area contributed by atoms with E-state index in [1.54, 1.807) is 0 Å². The monoisotopic (exact) mass is 364 g/mol. The number of hydrogen-bond donors (Lipinski definition) is 0. The summed E-state index contributed by atoms with van der Waals surface area (Å²) in [6, 6.07) is 11.4. The molecule has 0 bridgehead atoms. The molecular weight excluding hydrogens is 340 g/mol. The van der Waals surface area contributed by atoms with Gasteiger partial charge in [0.05, 0.1) is 5.69 Å². The Bertz CT molecular complexity index is 958. The number of fused-ring (bicyclic) bond motifs is 1. The topological polar surface area (TPSA) is 50.1 Å². The molecule has 3 heterocycles. The minimum atomic E-state index is 0.0664. The highest BCUT2D eigenvalue weighted by atomic mass is 16.5. The lowest BCUT2D eigenvalue weighted by molar-refractivity contribution is 0.0663. The summed E-state index contributed by atoms with van der Waals surface area (Å²) in [5.74, 6) is 0.750. The first-order chi connectivity index (χ1) is 13.1. The maximum atomic E-state index is 12.7. The first kappa shape index (κ1) is 17.5. The molecule has 1 aromatic carbocycles. The molecule has 6 heteroatoms. The van der Waals surface area contributed by atoms with E-state index in [9.17, 15) is 4.79 Å². The number of rotatable bonds is 4. The molecule has 0 atom stereocenters. The van der Waals surface area contributed by atoms with Crippen molar-refractivity contribution in [1.82, 2.24) is 19.2 Å². The number of imidazole rings is 1. The summed E-state index contributed by atoms with van der Waals surface area (Å²) >= 11 is 0. The highest BCUT2D eigenvalue weighted by molar-refractivity contribution is 5.94. The van der Waals surface area contributed by atoms with Crippen molar-refractivity contribution in [1.29, 1.82) is 0 Å². The van der Waals surface area contributed by atoms with Crippen molar-refractivity contribution >= 4 is 11.6 Å². The molecule has 140 valence electrons. The quantitative estimate of drug-likeness (QED) is 0.714. The number of aromatic nitrogens is 2. The van der Waals surface area contributed by atoms with Gasteiger partial charge in [0.25, 0.3) is 5.91 Å². The number of piperazine rings is 1. The number of amides is 1. The summed E-state index contributed by atoms with van der Waals surface area (Å²) in [7, 11) is 2.08. The van der Waals surface area contributed by atoms with E-state index in [0.717, 1.165) is 37.5 Å². The third-order valence-electron chi connectivity index (χ3n) is 4.91. The van der Waals surface area contributed by atoms with E-state index in [2.05, 4.69) is 23.9 Å². The average molecular weight is 364 g/mol. The Labute approximate surface area is 159 Å². The number of ether oxygens (including phenoxy) is 1. The number of aryl methyl sites for hydroxylation is 1. The van der Waals surface area contributed by atoms with Gasteiger partial charge in [0.15, 0.2) is 0 Å². The van der Waals surface area contributed by atoms with Crippen molar-refractivity contribution in [2.45, 2.75) is 13.5 Å². The lowest BCUT2D eigenvalue weighted by atomic mass is 10.1. The number of hydrogen-bond acceptors (Lipinski definition) is 4. The fraction of sp³-hybridized carbons (Fsp3) is 0.333. The van der Waals surface area contributed by atoms with E-state index >= 15 is 0 Å². The minimum absolute atomic E-state index is 0.0664. The molecule has 1 fully saturated rings. The number of carbonyl (C=O) groups excluding carboxylic acids is 1. The Hall–Kier alpha value is -2.86.